The van der Waals surface area contributed by atoms with Gasteiger partial charge in [-0.3, -0.25) is 0 Å². The Bertz CT molecular complexity index is 257. The third-order valence-corrected chi connectivity index (χ3v) is 3.57. The van der Waals surface area contributed by atoms with Crippen LogP contribution in [-0.2, 0) is 4.74 Å². The Morgan fingerprint density at radius 3 is 1.85 bits per heavy atom. The van der Waals surface area contributed by atoms with E-state index in [0.29, 0.717) is 5.41 Å². The van der Waals surface area contributed by atoms with Crippen LogP contribution in [0.3, 0.4) is 0 Å². The first kappa shape index (κ1) is 17.9. The Balaban J connectivity index is 2.05. The normalized spacial score (nSPS) is 19.5. The summed E-state index contributed by atoms with van der Waals surface area (Å²) in [7, 11) is 0. The molecule has 0 aromatic rings. The van der Waals surface area contributed by atoms with Crippen molar-refractivity contribution in [1.29, 1.82) is 0 Å². The summed E-state index contributed by atoms with van der Waals surface area (Å²) in [5, 5.41) is 0. The summed E-state index contributed by atoms with van der Waals surface area (Å²) < 4.78 is 5.76. The number of ether oxygens (including phenoxy) is 1. The van der Waals surface area contributed by atoms with E-state index in [2.05, 4.69) is 51.3 Å². The molecule has 0 aliphatic carbocycles. The van der Waals surface area contributed by atoms with Crippen LogP contribution in [0.1, 0.15) is 54.4 Å². The van der Waals surface area contributed by atoms with Gasteiger partial charge in [-0.1, -0.05) is 20.8 Å². The van der Waals surface area contributed by atoms with Crippen molar-refractivity contribution in [1.82, 2.24) is 9.80 Å². The molecule has 0 unspecified atom stereocenters. The van der Waals surface area contributed by atoms with Gasteiger partial charge in [-0.05, 0) is 45.6 Å². The van der Waals surface area contributed by atoms with Crippen molar-refractivity contribution in [2.45, 2.75) is 60.0 Å². The lowest BCUT2D eigenvalue weighted by Gasteiger charge is -2.37. The maximum absolute atomic E-state index is 5.76. The maximum Gasteiger partial charge on any atom is 0.0598 e. The van der Waals surface area contributed by atoms with Crippen LogP contribution in [0.5, 0.6) is 0 Å². The highest BCUT2D eigenvalue weighted by atomic mass is 16.5. The highest BCUT2D eigenvalue weighted by Crippen LogP contribution is 2.16. The van der Waals surface area contributed by atoms with Crippen molar-refractivity contribution < 1.29 is 4.74 Å². The van der Waals surface area contributed by atoms with Crippen LogP contribution in [0.25, 0.3) is 0 Å². The van der Waals surface area contributed by atoms with Crippen LogP contribution in [0.4, 0.5) is 0 Å². The zero-order chi connectivity index (χ0) is 15.2. The summed E-state index contributed by atoms with van der Waals surface area (Å²) in [6.07, 6.45) is 2.44. The Kier molecular flexibility index (Phi) is 6.96. The average Bonchev–Trinajstić information content (AvgIpc) is 2.27. The van der Waals surface area contributed by atoms with E-state index in [9.17, 15) is 0 Å². The van der Waals surface area contributed by atoms with Gasteiger partial charge in [0.05, 0.1) is 5.60 Å². The molecule has 1 heterocycles. The summed E-state index contributed by atoms with van der Waals surface area (Å²) in [5.41, 5.74) is 0.436. The van der Waals surface area contributed by atoms with Crippen LogP contribution in [0.2, 0.25) is 0 Å². The summed E-state index contributed by atoms with van der Waals surface area (Å²) in [6, 6.07) is 0. The first-order chi connectivity index (χ1) is 9.16. The number of hydrogen-bond donors (Lipinski definition) is 0. The highest BCUT2D eigenvalue weighted by Gasteiger charge is 2.21. The molecule has 0 aromatic heterocycles. The summed E-state index contributed by atoms with van der Waals surface area (Å²) in [6.45, 7) is 21.6. The Hall–Kier alpha value is -0.120. The minimum atomic E-state index is 0.0125. The minimum Gasteiger partial charge on any atom is -0.376 e. The molecule has 1 fully saturated rings. The van der Waals surface area contributed by atoms with Gasteiger partial charge in [0.25, 0.3) is 0 Å². The number of unbranched alkanes of at least 4 members (excludes halogenated alkanes) is 1. The average molecular weight is 284 g/mol. The van der Waals surface area contributed by atoms with E-state index in [1.54, 1.807) is 0 Å². The minimum absolute atomic E-state index is 0.0125. The lowest BCUT2D eigenvalue weighted by molar-refractivity contribution is -0.00578. The fraction of sp³-hybridized carbons (Fsp3) is 1.00. The molecule has 0 atom stereocenters. The Labute approximate surface area is 126 Å². The zero-order valence-corrected chi connectivity index (χ0v) is 14.7. The molecule has 0 saturated carbocycles. The predicted molar refractivity (Wildman–Crippen MR) is 87.3 cm³/mol. The van der Waals surface area contributed by atoms with Crippen molar-refractivity contribution in [2.24, 2.45) is 5.41 Å². The third-order valence-electron chi connectivity index (χ3n) is 3.57. The standard InChI is InChI=1S/C17H36N2O/c1-16(2,3)15-19-12-10-18(11-13-19)9-7-8-14-20-17(4,5)6/h7-15H2,1-6H3. The topological polar surface area (TPSA) is 15.7 Å². The Morgan fingerprint density at radius 1 is 0.800 bits per heavy atom. The van der Waals surface area contributed by atoms with Gasteiger partial charge in [0, 0.05) is 39.3 Å². The molecule has 0 bridgehead atoms. The first-order valence-electron chi connectivity index (χ1n) is 8.24. The summed E-state index contributed by atoms with van der Waals surface area (Å²) in [4.78, 5) is 5.22. The van der Waals surface area contributed by atoms with Gasteiger partial charge in [0.2, 0.25) is 0 Å². The molecule has 120 valence electrons. The van der Waals surface area contributed by atoms with Crippen LogP contribution in [-0.4, -0.2) is 61.3 Å². The maximum atomic E-state index is 5.76. The summed E-state index contributed by atoms with van der Waals surface area (Å²) >= 11 is 0. The molecule has 3 heteroatoms. The molecule has 1 rings (SSSR count). The van der Waals surface area contributed by atoms with Crippen molar-refractivity contribution >= 4 is 0 Å². The molecule has 1 aliphatic rings. The fourth-order valence-electron chi connectivity index (χ4n) is 2.66. The summed E-state index contributed by atoms with van der Waals surface area (Å²) in [5.74, 6) is 0. The first-order valence-corrected chi connectivity index (χ1v) is 8.24. The number of piperazine rings is 1. The smallest absolute Gasteiger partial charge is 0.0598 e. The highest BCUT2D eigenvalue weighted by molar-refractivity contribution is 4.76. The molecule has 1 saturated heterocycles. The van der Waals surface area contributed by atoms with Crippen LogP contribution < -0.4 is 0 Å². The molecule has 0 spiro atoms. The lowest BCUT2D eigenvalue weighted by Crippen LogP contribution is -2.48. The van der Waals surface area contributed by atoms with E-state index in [4.69, 9.17) is 4.74 Å². The van der Waals surface area contributed by atoms with E-state index in [1.165, 1.54) is 52.1 Å². The van der Waals surface area contributed by atoms with Gasteiger partial charge >= 0.3 is 0 Å². The predicted octanol–water partition coefficient (Wildman–Crippen LogP) is 3.25. The van der Waals surface area contributed by atoms with Gasteiger partial charge in [-0.15, -0.1) is 0 Å². The van der Waals surface area contributed by atoms with Crippen molar-refractivity contribution in [3.63, 3.8) is 0 Å². The number of nitrogens with zero attached hydrogens (tertiary/aromatic N) is 2. The van der Waals surface area contributed by atoms with E-state index in [0.717, 1.165) is 6.61 Å². The second kappa shape index (κ2) is 7.77. The quantitative estimate of drug-likeness (QED) is 0.696. The van der Waals surface area contributed by atoms with Crippen molar-refractivity contribution in [3.05, 3.63) is 0 Å². The molecule has 3 nitrogen and oxygen atoms in total. The monoisotopic (exact) mass is 284 g/mol. The van der Waals surface area contributed by atoms with E-state index >= 15 is 0 Å². The largest absolute Gasteiger partial charge is 0.376 e. The molecular weight excluding hydrogens is 248 g/mol. The van der Waals surface area contributed by atoms with Crippen LogP contribution >= 0.6 is 0 Å². The second-order valence-corrected chi connectivity index (χ2v) is 8.35. The SMILES string of the molecule is CC(C)(C)CN1CCN(CCCCOC(C)(C)C)CC1. The molecule has 0 amide bonds. The Morgan fingerprint density at radius 2 is 1.35 bits per heavy atom. The molecule has 1 aliphatic heterocycles. The van der Waals surface area contributed by atoms with Crippen LogP contribution in [0.15, 0.2) is 0 Å². The number of rotatable bonds is 6. The number of hydrogen-bond acceptors (Lipinski definition) is 3. The van der Waals surface area contributed by atoms with Gasteiger partial charge in [0.15, 0.2) is 0 Å². The van der Waals surface area contributed by atoms with Crippen molar-refractivity contribution in [2.75, 3.05) is 45.9 Å². The van der Waals surface area contributed by atoms with E-state index in [-0.39, 0.29) is 5.60 Å². The second-order valence-electron chi connectivity index (χ2n) is 8.35. The molecule has 0 N–H and O–H groups in total. The zero-order valence-electron chi connectivity index (χ0n) is 14.7. The van der Waals surface area contributed by atoms with Crippen molar-refractivity contribution in [3.8, 4) is 0 Å². The van der Waals surface area contributed by atoms with Gasteiger partial charge in [-0.25, -0.2) is 0 Å². The van der Waals surface area contributed by atoms with Gasteiger partial charge in [0.1, 0.15) is 0 Å². The molecule has 20 heavy (non-hydrogen) atoms. The van der Waals surface area contributed by atoms with E-state index < -0.39 is 0 Å². The van der Waals surface area contributed by atoms with Gasteiger partial charge in [-0.2, -0.15) is 0 Å². The lowest BCUT2D eigenvalue weighted by atomic mass is 9.96. The van der Waals surface area contributed by atoms with E-state index in [1.807, 2.05) is 0 Å². The third kappa shape index (κ3) is 8.93. The fourth-order valence-corrected chi connectivity index (χ4v) is 2.66. The van der Waals surface area contributed by atoms with Crippen LogP contribution in [0, 0.1) is 5.41 Å². The van der Waals surface area contributed by atoms with Gasteiger partial charge < -0.3 is 14.5 Å². The molecule has 0 radical (unpaired) electrons. The molecular formula is C17H36N2O. The molecule has 0 aromatic carbocycles.